The van der Waals surface area contributed by atoms with Crippen LogP contribution in [0, 0.1) is 13.8 Å². The van der Waals surface area contributed by atoms with Crippen molar-refractivity contribution in [2.75, 3.05) is 6.61 Å². The van der Waals surface area contributed by atoms with E-state index in [-0.39, 0.29) is 6.10 Å². The van der Waals surface area contributed by atoms with Crippen LogP contribution in [0.15, 0.2) is 18.2 Å². The van der Waals surface area contributed by atoms with Crippen LogP contribution in [0.4, 0.5) is 0 Å². The van der Waals surface area contributed by atoms with E-state index in [2.05, 4.69) is 41.4 Å². The van der Waals surface area contributed by atoms with E-state index in [4.69, 9.17) is 4.74 Å². The van der Waals surface area contributed by atoms with Crippen molar-refractivity contribution in [3.05, 3.63) is 29.3 Å². The van der Waals surface area contributed by atoms with Crippen LogP contribution in [0.1, 0.15) is 25.0 Å². The fourth-order valence-corrected chi connectivity index (χ4v) is 1.70. The van der Waals surface area contributed by atoms with Gasteiger partial charge in [0, 0.05) is 5.56 Å². The van der Waals surface area contributed by atoms with Crippen LogP contribution in [0.3, 0.4) is 0 Å². The summed E-state index contributed by atoms with van der Waals surface area (Å²) in [4.78, 5) is 1.58. The SMILES string of the molecule is Cc1ccc(-c2nnn(CCOC(C)C)n2)cc1C. The molecular formula is C14H20N4O. The van der Waals surface area contributed by atoms with Gasteiger partial charge in [0.1, 0.15) is 0 Å². The molecule has 0 unspecified atom stereocenters. The Kier molecular flexibility index (Phi) is 4.27. The number of aryl methyl sites for hydroxylation is 2. The number of hydrogen-bond donors (Lipinski definition) is 0. The molecule has 1 aromatic heterocycles. The largest absolute Gasteiger partial charge is 0.377 e. The summed E-state index contributed by atoms with van der Waals surface area (Å²) in [5, 5.41) is 12.5. The molecule has 102 valence electrons. The van der Waals surface area contributed by atoms with Crippen molar-refractivity contribution in [1.29, 1.82) is 0 Å². The molecule has 19 heavy (non-hydrogen) atoms. The zero-order valence-electron chi connectivity index (χ0n) is 11.9. The molecule has 5 nitrogen and oxygen atoms in total. The van der Waals surface area contributed by atoms with E-state index in [0.29, 0.717) is 19.0 Å². The molecule has 0 bridgehead atoms. The van der Waals surface area contributed by atoms with Crippen molar-refractivity contribution in [2.24, 2.45) is 0 Å². The summed E-state index contributed by atoms with van der Waals surface area (Å²) in [5.41, 5.74) is 3.50. The molecule has 0 radical (unpaired) electrons. The van der Waals surface area contributed by atoms with Gasteiger partial charge in [0.2, 0.25) is 5.82 Å². The van der Waals surface area contributed by atoms with Gasteiger partial charge in [-0.3, -0.25) is 0 Å². The molecule has 0 fully saturated rings. The molecule has 0 saturated heterocycles. The van der Waals surface area contributed by atoms with Crippen molar-refractivity contribution in [3.8, 4) is 11.4 Å². The quantitative estimate of drug-likeness (QED) is 0.828. The number of aromatic nitrogens is 4. The van der Waals surface area contributed by atoms with Gasteiger partial charge in [0.25, 0.3) is 0 Å². The van der Waals surface area contributed by atoms with E-state index in [0.717, 1.165) is 5.56 Å². The summed E-state index contributed by atoms with van der Waals surface area (Å²) in [6.07, 6.45) is 0.225. The van der Waals surface area contributed by atoms with Crippen LogP contribution in [-0.4, -0.2) is 32.9 Å². The van der Waals surface area contributed by atoms with Gasteiger partial charge in [-0.25, -0.2) is 0 Å². The van der Waals surface area contributed by atoms with E-state index in [1.165, 1.54) is 11.1 Å². The van der Waals surface area contributed by atoms with Crippen molar-refractivity contribution < 1.29 is 4.74 Å². The fourth-order valence-electron chi connectivity index (χ4n) is 1.70. The van der Waals surface area contributed by atoms with Gasteiger partial charge >= 0.3 is 0 Å². The standard InChI is InChI=1S/C14H20N4O/c1-10(2)19-8-7-18-16-14(15-17-18)13-6-5-11(3)12(4)9-13/h5-6,9-10H,7-8H2,1-4H3. The normalized spacial score (nSPS) is 11.2. The lowest BCUT2D eigenvalue weighted by atomic mass is 10.1. The van der Waals surface area contributed by atoms with Crippen LogP contribution >= 0.6 is 0 Å². The summed E-state index contributed by atoms with van der Waals surface area (Å²) >= 11 is 0. The lowest BCUT2D eigenvalue weighted by Crippen LogP contribution is -2.12. The molecule has 2 aromatic rings. The van der Waals surface area contributed by atoms with Crippen molar-refractivity contribution in [3.63, 3.8) is 0 Å². The van der Waals surface area contributed by atoms with Gasteiger partial charge in [-0.05, 0) is 50.1 Å². The van der Waals surface area contributed by atoms with E-state index in [1.54, 1.807) is 4.80 Å². The summed E-state index contributed by atoms with van der Waals surface area (Å²) < 4.78 is 5.47. The molecular weight excluding hydrogens is 240 g/mol. The third-order valence-electron chi connectivity index (χ3n) is 2.96. The predicted molar refractivity (Wildman–Crippen MR) is 73.8 cm³/mol. The molecule has 0 amide bonds. The van der Waals surface area contributed by atoms with Crippen molar-refractivity contribution in [2.45, 2.75) is 40.3 Å². The van der Waals surface area contributed by atoms with Crippen LogP contribution in [0.5, 0.6) is 0 Å². The van der Waals surface area contributed by atoms with Gasteiger partial charge < -0.3 is 4.74 Å². The zero-order valence-corrected chi connectivity index (χ0v) is 11.9. The molecule has 0 aliphatic carbocycles. The minimum Gasteiger partial charge on any atom is -0.377 e. The van der Waals surface area contributed by atoms with Crippen molar-refractivity contribution >= 4 is 0 Å². The summed E-state index contributed by atoms with van der Waals surface area (Å²) in [6.45, 7) is 9.41. The molecule has 0 saturated carbocycles. The summed E-state index contributed by atoms with van der Waals surface area (Å²) in [7, 11) is 0. The maximum absolute atomic E-state index is 5.47. The maximum Gasteiger partial charge on any atom is 0.204 e. The molecule has 0 aliphatic heterocycles. The first-order valence-electron chi connectivity index (χ1n) is 6.53. The van der Waals surface area contributed by atoms with Crippen molar-refractivity contribution in [1.82, 2.24) is 20.2 Å². The van der Waals surface area contributed by atoms with Gasteiger partial charge in [0.05, 0.1) is 19.3 Å². The first-order valence-corrected chi connectivity index (χ1v) is 6.53. The Labute approximate surface area is 113 Å². The van der Waals surface area contributed by atoms with Crippen LogP contribution in [0.25, 0.3) is 11.4 Å². The minimum absolute atomic E-state index is 0.225. The Hall–Kier alpha value is -1.75. The topological polar surface area (TPSA) is 52.8 Å². The Morgan fingerprint density at radius 3 is 2.68 bits per heavy atom. The molecule has 5 heteroatoms. The second kappa shape index (κ2) is 5.93. The third kappa shape index (κ3) is 3.61. The lowest BCUT2D eigenvalue weighted by Gasteiger charge is -2.05. The van der Waals surface area contributed by atoms with Gasteiger partial charge in [-0.15, -0.1) is 10.2 Å². The third-order valence-corrected chi connectivity index (χ3v) is 2.96. The number of benzene rings is 1. The number of nitrogens with zero attached hydrogens (tertiary/aromatic N) is 4. The van der Waals surface area contributed by atoms with E-state index >= 15 is 0 Å². The fraction of sp³-hybridized carbons (Fsp3) is 0.500. The molecule has 0 N–H and O–H groups in total. The summed E-state index contributed by atoms with van der Waals surface area (Å²) in [6, 6.07) is 6.18. The average Bonchev–Trinajstić information content (AvgIpc) is 2.81. The Morgan fingerprint density at radius 1 is 1.21 bits per heavy atom. The zero-order chi connectivity index (χ0) is 13.8. The van der Waals surface area contributed by atoms with Gasteiger partial charge in [-0.2, -0.15) is 4.80 Å². The highest BCUT2D eigenvalue weighted by Gasteiger charge is 2.07. The van der Waals surface area contributed by atoms with E-state index in [9.17, 15) is 0 Å². The first-order chi connectivity index (χ1) is 9.06. The van der Waals surface area contributed by atoms with Crippen LogP contribution in [-0.2, 0) is 11.3 Å². The molecule has 0 atom stereocenters. The Bertz CT molecular complexity index is 548. The second-order valence-electron chi connectivity index (χ2n) is 4.93. The first kappa shape index (κ1) is 13.7. The highest BCUT2D eigenvalue weighted by atomic mass is 16.5. The van der Waals surface area contributed by atoms with E-state index in [1.807, 2.05) is 19.9 Å². The van der Waals surface area contributed by atoms with Crippen LogP contribution in [0.2, 0.25) is 0 Å². The molecule has 1 heterocycles. The lowest BCUT2D eigenvalue weighted by molar-refractivity contribution is 0.0685. The monoisotopic (exact) mass is 260 g/mol. The van der Waals surface area contributed by atoms with Crippen LogP contribution < -0.4 is 0 Å². The number of ether oxygens (including phenoxy) is 1. The minimum atomic E-state index is 0.225. The predicted octanol–water partition coefficient (Wildman–Crippen LogP) is 2.38. The molecule has 2 rings (SSSR count). The molecule has 0 aliphatic rings. The van der Waals surface area contributed by atoms with Gasteiger partial charge in [0.15, 0.2) is 0 Å². The molecule has 0 spiro atoms. The summed E-state index contributed by atoms with van der Waals surface area (Å²) in [5.74, 6) is 0.660. The number of rotatable bonds is 5. The van der Waals surface area contributed by atoms with Gasteiger partial charge in [-0.1, -0.05) is 12.1 Å². The average molecular weight is 260 g/mol. The molecule has 1 aromatic carbocycles. The second-order valence-corrected chi connectivity index (χ2v) is 4.93. The van der Waals surface area contributed by atoms with E-state index < -0.39 is 0 Å². The Balaban J connectivity index is 2.05. The number of hydrogen-bond acceptors (Lipinski definition) is 4. The highest BCUT2D eigenvalue weighted by molar-refractivity contribution is 5.56. The maximum atomic E-state index is 5.47. The highest BCUT2D eigenvalue weighted by Crippen LogP contribution is 2.17. The Morgan fingerprint density at radius 2 is 2.00 bits per heavy atom. The smallest absolute Gasteiger partial charge is 0.204 e. The number of tetrazole rings is 1.